The lowest BCUT2D eigenvalue weighted by molar-refractivity contribution is -0.123. The van der Waals surface area contributed by atoms with Gasteiger partial charge in [-0.15, -0.1) is 0 Å². The molecule has 3 rings (SSSR count). The van der Waals surface area contributed by atoms with E-state index in [1.807, 2.05) is 13.1 Å². The van der Waals surface area contributed by atoms with E-state index in [2.05, 4.69) is 30.2 Å². The molecule has 2 aliphatic heterocycles. The molecule has 1 aromatic rings. The van der Waals surface area contributed by atoms with Crippen molar-refractivity contribution in [3.8, 4) is 0 Å². The van der Waals surface area contributed by atoms with Crippen LogP contribution in [0.25, 0.3) is 0 Å². The smallest absolute Gasteiger partial charge is 0.221 e. The van der Waals surface area contributed by atoms with Crippen molar-refractivity contribution in [2.24, 2.45) is 16.6 Å². The van der Waals surface area contributed by atoms with Gasteiger partial charge in [-0.1, -0.05) is 5.16 Å². The highest BCUT2D eigenvalue weighted by atomic mass is 16.5. The van der Waals surface area contributed by atoms with Crippen LogP contribution in [0.1, 0.15) is 25.0 Å². The molecule has 0 aliphatic carbocycles. The van der Waals surface area contributed by atoms with Crippen LogP contribution in [0, 0.1) is 5.92 Å². The minimum Gasteiger partial charge on any atom is -0.369 e. The van der Waals surface area contributed by atoms with Crippen LogP contribution >= 0.6 is 0 Å². The maximum atomic E-state index is 11.4. The minimum atomic E-state index is -0.161. The summed E-state index contributed by atoms with van der Waals surface area (Å²) in [6.07, 6.45) is 4.63. The van der Waals surface area contributed by atoms with E-state index in [0.29, 0.717) is 0 Å². The normalized spacial score (nSPS) is 22.4. The Labute approximate surface area is 166 Å². The number of nitrogens with two attached hydrogens (primary N) is 1. The molecule has 0 radical (unpaired) electrons. The summed E-state index contributed by atoms with van der Waals surface area (Å²) in [6.45, 7) is 8.42. The number of carbonyl (C=O) groups excluding carboxylic acids is 1. The number of nitrogens with zero attached hydrogens (tertiary/aromatic N) is 5. The third kappa shape index (κ3) is 5.93. The summed E-state index contributed by atoms with van der Waals surface area (Å²) >= 11 is 0. The van der Waals surface area contributed by atoms with Gasteiger partial charge in [-0.3, -0.25) is 14.7 Å². The number of aromatic nitrogens is 1. The number of nitrogens with one attached hydrogen (secondary N) is 1. The summed E-state index contributed by atoms with van der Waals surface area (Å²) in [5.41, 5.74) is 6.44. The van der Waals surface area contributed by atoms with Crippen molar-refractivity contribution in [2.75, 3.05) is 59.4 Å². The average Bonchev–Trinajstić information content (AvgIpc) is 3.22. The van der Waals surface area contributed by atoms with Crippen molar-refractivity contribution < 1.29 is 9.32 Å². The molecular weight excluding hydrogens is 358 g/mol. The molecule has 0 saturated carbocycles. The first-order chi connectivity index (χ1) is 13.7. The number of likely N-dealkylation sites (tertiary alicyclic amines) is 1. The number of carbonyl (C=O) groups is 1. The molecule has 156 valence electrons. The van der Waals surface area contributed by atoms with Crippen LogP contribution in [0.15, 0.2) is 21.8 Å². The monoisotopic (exact) mass is 391 g/mol. The Kier molecular flexibility index (Phi) is 7.67. The van der Waals surface area contributed by atoms with Gasteiger partial charge in [-0.25, -0.2) is 0 Å². The third-order valence-corrected chi connectivity index (χ3v) is 5.60. The summed E-state index contributed by atoms with van der Waals surface area (Å²) in [5.74, 6) is 0.823. The van der Waals surface area contributed by atoms with Crippen LogP contribution in [-0.4, -0.2) is 91.1 Å². The standard InChI is InChI=1S/C19H33N7O2/c1-21-19(22-6-3-8-24-7-2-4-16(14-24)18(20)27)26-11-9-25(10-12-26)15-17-5-13-28-23-17/h5,13,16H,2-4,6-12,14-15H2,1H3,(H2,20,27)(H,21,22). The van der Waals surface area contributed by atoms with E-state index in [4.69, 9.17) is 10.3 Å². The Morgan fingerprint density at radius 2 is 2.14 bits per heavy atom. The summed E-state index contributed by atoms with van der Waals surface area (Å²) < 4.78 is 4.91. The number of aliphatic imine (C=N–C) groups is 1. The van der Waals surface area contributed by atoms with Crippen LogP contribution in [0.5, 0.6) is 0 Å². The molecule has 28 heavy (non-hydrogen) atoms. The lowest BCUT2D eigenvalue weighted by Gasteiger charge is -2.36. The Hall–Kier alpha value is -2.13. The zero-order chi connectivity index (χ0) is 19.8. The van der Waals surface area contributed by atoms with Crippen LogP contribution < -0.4 is 11.1 Å². The first-order valence-electron chi connectivity index (χ1n) is 10.2. The van der Waals surface area contributed by atoms with Gasteiger partial charge in [-0.05, 0) is 32.4 Å². The SMILES string of the molecule is CN=C(NCCCN1CCCC(C(N)=O)C1)N1CCN(Cc2ccon2)CC1. The van der Waals surface area contributed by atoms with Gasteiger partial charge >= 0.3 is 0 Å². The number of rotatable bonds is 7. The molecule has 2 aliphatic rings. The topological polar surface area (TPSA) is 103 Å². The van der Waals surface area contributed by atoms with Crippen molar-refractivity contribution in [1.82, 2.24) is 25.2 Å². The minimum absolute atomic E-state index is 0.0167. The highest BCUT2D eigenvalue weighted by Gasteiger charge is 2.24. The second kappa shape index (κ2) is 10.4. The Morgan fingerprint density at radius 1 is 1.32 bits per heavy atom. The molecule has 0 aromatic carbocycles. The molecule has 2 saturated heterocycles. The van der Waals surface area contributed by atoms with Gasteiger partial charge in [0.25, 0.3) is 0 Å². The number of primary amides is 1. The molecule has 2 fully saturated rings. The lowest BCUT2D eigenvalue weighted by Crippen LogP contribution is -2.52. The molecule has 9 heteroatoms. The molecule has 3 N–H and O–H groups in total. The number of hydrogen-bond donors (Lipinski definition) is 2. The van der Waals surface area contributed by atoms with E-state index in [1.165, 1.54) is 0 Å². The molecule has 3 heterocycles. The quantitative estimate of drug-likeness (QED) is 0.382. The zero-order valence-corrected chi connectivity index (χ0v) is 16.8. The van der Waals surface area contributed by atoms with Crippen molar-refractivity contribution in [3.05, 3.63) is 18.0 Å². The van der Waals surface area contributed by atoms with E-state index in [-0.39, 0.29) is 11.8 Å². The van der Waals surface area contributed by atoms with Crippen molar-refractivity contribution in [3.63, 3.8) is 0 Å². The number of hydrogen-bond acceptors (Lipinski definition) is 6. The largest absolute Gasteiger partial charge is 0.369 e. The number of guanidine groups is 1. The van der Waals surface area contributed by atoms with Crippen molar-refractivity contribution in [1.29, 1.82) is 0 Å². The predicted octanol–water partition coefficient (Wildman–Crippen LogP) is -0.0450. The fourth-order valence-corrected chi connectivity index (χ4v) is 3.99. The van der Waals surface area contributed by atoms with Gasteiger partial charge < -0.3 is 25.4 Å². The number of amides is 1. The summed E-state index contributed by atoms with van der Waals surface area (Å²) in [4.78, 5) is 22.9. The molecule has 0 bridgehead atoms. The van der Waals surface area contributed by atoms with Crippen LogP contribution in [0.4, 0.5) is 0 Å². The van der Waals surface area contributed by atoms with E-state index in [9.17, 15) is 4.79 Å². The lowest BCUT2D eigenvalue weighted by atomic mass is 9.97. The van der Waals surface area contributed by atoms with E-state index in [1.54, 1.807) is 6.26 Å². The Bertz CT molecular complexity index is 626. The van der Waals surface area contributed by atoms with Gasteiger partial charge in [-0.2, -0.15) is 0 Å². The van der Waals surface area contributed by atoms with Gasteiger partial charge in [0, 0.05) is 58.9 Å². The fraction of sp³-hybridized carbons (Fsp3) is 0.737. The van der Waals surface area contributed by atoms with Gasteiger partial charge in [0.15, 0.2) is 5.96 Å². The second-order valence-electron chi connectivity index (χ2n) is 7.62. The zero-order valence-electron chi connectivity index (χ0n) is 16.8. The molecule has 0 spiro atoms. The number of piperidine rings is 1. The summed E-state index contributed by atoms with van der Waals surface area (Å²) in [6, 6.07) is 1.92. The van der Waals surface area contributed by atoms with Crippen LogP contribution in [0.3, 0.4) is 0 Å². The molecular formula is C19H33N7O2. The van der Waals surface area contributed by atoms with Gasteiger partial charge in [0.05, 0.1) is 11.6 Å². The Morgan fingerprint density at radius 3 is 2.82 bits per heavy atom. The molecule has 1 amide bonds. The molecule has 9 nitrogen and oxygen atoms in total. The highest BCUT2D eigenvalue weighted by Crippen LogP contribution is 2.16. The van der Waals surface area contributed by atoms with Gasteiger partial charge in [0.2, 0.25) is 5.91 Å². The average molecular weight is 392 g/mol. The third-order valence-electron chi connectivity index (χ3n) is 5.60. The first kappa shape index (κ1) is 20.6. The van der Waals surface area contributed by atoms with Gasteiger partial charge in [0.1, 0.15) is 6.26 Å². The Balaban J connectivity index is 1.33. The van der Waals surface area contributed by atoms with Crippen LogP contribution in [0.2, 0.25) is 0 Å². The molecule has 1 unspecified atom stereocenters. The van der Waals surface area contributed by atoms with Crippen molar-refractivity contribution in [2.45, 2.75) is 25.8 Å². The highest BCUT2D eigenvalue weighted by molar-refractivity contribution is 5.80. The molecule has 1 atom stereocenters. The van der Waals surface area contributed by atoms with Crippen LogP contribution in [-0.2, 0) is 11.3 Å². The first-order valence-corrected chi connectivity index (χ1v) is 10.2. The second-order valence-corrected chi connectivity index (χ2v) is 7.62. The van der Waals surface area contributed by atoms with E-state index < -0.39 is 0 Å². The maximum absolute atomic E-state index is 11.4. The number of piperazine rings is 1. The van der Waals surface area contributed by atoms with E-state index >= 15 is 0 Å². The fourth-order valence-electron chi connectivity index (χ4n) is 3.99. The molecule has 1 aromatic heterocycles. The summed E-state index contributed by atoms with van der Waals surface area (Å²) in [7, 11) is 1.84. The summed E-state index contributed by atoms with van der Waals surface area (Å²) in [5, 5.41) is 7.47. The van der Waals surface area contributed by atoms with E-state index in [0.717, 1.165) is 89.8 Å². The predicted molar refractivity (Wildman–Crippen MR) is 108 cm³/mol. The van der Waals surface area contributed by atoms with Crippen molar-refractivity contribution >= 4 is 11.9 Å². The maximum Gasteiger partial charge on any atom is 0.221 e.